The van der Waals surface area contributed by atoms with Crippen molar-refractivity contribution >= 4 is 15.9 Å². The number of carbonyl (C=O) groups excluding carboxylic acids is 1. The smallest absolute Gasteiger partial charge is 0.260 e. The van der Waals surface area contributed by atoms with Crippen molar-refractivity contribution in [3.05, 3.63) is 17.6 Å². The van der Waals surface area contributed by atoms with Crippen LogP contribution >= 0.6 is 0 Å². The lowest BCUT2D eigenvalue weighted by molar-refractivity contribution is -0.136. The normalized spacial score (nSPS) is 31.8. The quantitative estimate of drug-likeness (QED) is 0.738. The molecule has 6 rings (SSSR count). The Kier molecular flexibility index (Phi) is 5.64. The van der Waals surface area contributed by atoms with Gasteiger partial charge >= 0.3 is 0 Å². The number of amides is 1. The van der Waals surface area contributed by atoms with Crippen LogP contribution in [0.4, 0.5) is 0 Å². The Morgan fingerprint density at radius 3 is 2.61 bits per heavy atom. The number of aryl methyl sites for hydroxylation is 1. The van der Waals surface area contributed by atoms with Gasteiger partial charge in [-0.05, 0) is 57.8 Å². The predicted molar refractivity (Wildman–Crippen MR) is 112 cm³/mol. The molecule has 1 aromatic rings. The number of aromatic nitrogens is 2. The van der Waals surface area contributed by atoms with Gasteiger partial charge in [0.05, 0.1) is 24.0 Å². The number of sulfonamides is 1. The highest BCUT2D eigenvalue weighted by Crippen LogP contribution is 2.39. The van der Waals surface area contributed by atoms with Crippen molar-refractivity contribution in [1.82, 2.24) is 19.6 Å². The molecule has 0 aromatic carbocycles. The highest BCUT2D eigenvalue weighted by molar-refractivity contribution is 7.90. The summed E-state index contributed by atoms with van der Waals surface area (Å²) in [5.74, 6) is 0.617. The average Bonchev–Trinajstić information content (AvgIpc) is 3.54. The van der Waals surface area contributed by atoms with Gasteiger partial charge in [-0.1, -0.05) is 0 Å². The predicted octanol–water partition coefficient (Wildman–Crippen LogP) is 1.27. The van der Waals surface area contributed by atoms with E-state index in [1.54, 1.807) is 4.90 Å². The molecule has 31 heavy (non-hydrogen) atoms. The van der Waals surface area contributed by atoms with Crippen molar-refractivity contribution in [2.24, 2.45) is 0 Å². The van der Waals surface area contributed by atoms with Gasteiger partial charge in [0.15, 0.2) is 6.61 Å². The van der Waals surface area contributed by atoms with Crippen molar-refractivity contribution < 1.29 is 22.7 Å². The number of fused-ring (bicyclic) bond motifs is 5. The van der Waals surface area contributed by atoms with E-state index >= 15 is 0 Å². The van der Waals surface area contributed by atoms with E-state index in [1.165, 1.54) is 6.33 Å². The van der Waals surface area contributed by atoms with Gasteiger partial charge in [-0.3, -0.25) is 4.79 Å². The third-order valence-corrected chi connectivity index (χ3v) is 9.09. The fraction of sp³-hybridized carbons (Fsp3) is 0.762. The highest BCUT2D eigenvalue weighted by atomic mass is 32.2. The first kappa shape index (κ1) is 21.1. The first-order chi connectivity index (χ1) is 14.9. The van der Waals surface area contributed by atoms with Gasteiger partial charge in [0.1, 0.15) is 6.33 Å². The van der Waals surface area contributed by atoms with Gasteiger partial charge in [0, 0.05) is 23.8 Å². The topological polar surface area (TPSA) is 111 Å². The number of nitrogens with one attached hydrogen (secondary N) is 1. The van der Waals surface area contributed by atoms with E-state index in [2.05, 4.69) is 14.7 Å². The molecule has 5 aliphatic rings. The SMILES string of the molecule is Cc1ncnc2c1[C@H]1CC[C@H](CC1)OCC1[C@@H](NS(=O)(=O)C3CC3)CCN1C(=O)CO2. The molecule has 1 aromatic heterocycles. The Balaban J connectivity index is 1.40. The van der Waals surface area contributed by atoms with Crippen molar-refractivity contribution in [3.8, 4) is 5.88 Å². The molecule has 9 nitrogen and oxygen atoms in total. The number of nitrogens with zero attached hydrogens (tertiary/aromatic N) is 3. The molecule has 170 valence electrons. The number of ether oxygens (including phenoxy) is 2. The number of hydrogen-bond acceptors (Lipinski definition) is 7. The van der Waals surface area contributed by atoms with Crippen LogP contribution in [0.2, 0.25) is 0 Å². The van der Waals surface area contributed by atoms with E-state index in [4.69, 9.17) is 9.47 Å². The molecular formula is C21H30N4O5S. The summed E-state index contributed by atoms with van der Waals surface area (Å²) >= 11 is 0. The first-order valence-corrected chi connectivity index (χ1v) is 12.8. The third kappa shape index (κ3) is 4.29. The second kappa shape index (κ2) is 8.29. The molecular weight excluding hydrogens is 420 g/mol. The van der Waals surface area contributed by atoms with Gasteiger partial charge in [-0.2, -0.15) is 0 Å². The van der Waals surface area contributed by atoms with Crippen LogP contribution in [0, 0.1) is 6.92 Å². The maximum absolute atomic E-state index is 13.1. The van der Waals surface area contributed by atoms with Crippen LogP contribution in [-0.2, 0) is 19.6 Å². The van der Waals surface area contributed by atoms with Gasteiger partial charge < -0.3 is 14.4 Å². The molecule has 1 unspecified atom stereocenters. The summed E-state index contributed by atoms with van der Waals surface area (Å²) in [6.07, 6.45) is 7.33. The molecule has 4 heterocycles. The van der Waals surface area contributed by atoms with Crippen LogP contribution in [0.1, 0.15) is 62.1 Å². The Morgan fingerprint density at radius 2 is 1.87 bits per heavy atom. The highest BCUT2D eigenvalue weighted by Gasteiger charge is 2.44. The Hall–Kier alpha value is -1.78. The molecule has 2 atom stereocenters. The van der Waals surface area contributed by atoms with Gasteiger partial charge in [-0.25, -0.2) is 23.1 Å². The largest absolute Gasteiger partial charge is 0.467 e. The van der Waals surface area contributed by atoms with Crippen molar-refractivity contribution in [3.63, 3.8) is 0 Å². The number of hydrogen-bond donors (Lipinski definition) is 1. The lowest BCUT2D eigenvalue weighted by Gasteiger charge is -2.32. The minimum Gasteiger partial charge on any atom is -0.467 e. The maximum Gasteiger partial charge on any atom is 0.260 e. The van der Waals surface area contributed by atoms with Gasteiger partial charge in [0.25, 0.3) is 5.91 Å². The lowest BCUT2D eigenvalue weighted by Crippen LogP contribution is -2.51. The zero-order chi connectivity index (χ0) is 21.6. The van der Waals surface area contributed by atoms with Gasteiger partial charge in [-0.15, -0.1) is 0 Å². The molecule has 3 aliphatic heterocycles. The van der Waals surface area contributed by atoms with Crippen molar-refractivity contribution in [1.29, 1.82) is 0 Å². The minimum atomic E-state index is -3.34. The standard InChI is InChI=1S/C21H30N4O5S/c1-13-20-14-2-4-15(5-3-14)29-10-18-17(24-31(27,28)16-6-7-16)8-9-25(18)19(26)11-30-21(20)23-12-22-13/h12,14-18,24H,2-11H2,1H3/t14-,15+,17-,18?/m0/s1. The first-order valence-electron chi connectivity index (χ1n) is 11.3. The summed E-state index contributed by atoms with van der Waals surface area (Å²) < 4.78 is 40.1. The van der Waals surface area contributed by atoms with E-state index < -0.39 is 10.0 Å². The third-order valence-electron chi connectivity index (χ3n) is 7.11. The fourth-order valence-electron chi connectivity index (χ4n) is 5.21. The van der Waals surface area contributed by atoms with Crippen molar-refractivity contribution in [2.75, 3.05) is 19.8 Å². The van der Waals surface area contributed by atoms with Crippen LogP contribution in [0.3, 0.4) is 0 Å². The summed E-state index contributed by atoms with van der Waals surface area (Å²) in [7, 11) is -3.34. The van der Waals surface area contributed by atoms with E-state index in [9.17, 15) is 13.2 Å². The molecule has 2 aliphatic carbocycles. The fourth-order valence-corrected chi connectivity index (χ4v) is 6.85. The zero-order valence-corrected chi connectivity index (χ0v) is 18.6. The maximum atomic E-state index is 13.1. The molecule has 1 saturated heterocycles. The summed E-state index contributed by atoms with van der Waals surface area (Å²) in [5.41, 5.74) is 1.89. The Morgan fingerprint density at radius 1 is 1.10 bits per heavy atom. The van der Waals surface area contributed by atoms with Crippen LogP contribution in [0.15, 0.2) is 6.33 Å². The molecule has 1 N–H and O–H groups in total. The molecule has 3 fully saturated rings. The molecule has 1 amide bonds. The number of carbonyl (C=O) groups is 1. The van der Waals surface area contributed by atoms with E-state index in [0.29, 0.717) is 44.2 Å². The van der Waals surface area contributed by atoms with Crippen LogP contribution in [0.5, 0.6) is 5.88 Å². The van der Waals surface area contributed by atoms with Crippen LogP contribution in [0.25, 0.3) is 0 Å². The summed E-state index contributed by atoms with van der Waals surface area (Å²) in [6, 6.07) is -0.650. The summed E-state index contributed by atoms with van der Waals surface area (Å²) in [5, 5.41) is -0.286. The van der Waals surface area contributed by atoms with E-state index in [1.807, 2.05) is 6.92 Å². The second-order valence-electron chi connectivity index (χ2n) is 9.19. The Labute approximate surface area is 183 Å². The van der Waals surface area contributed by atoms with Crippen LogP contribution < -0.4 is 9.46 Å². The Bertz CT molecular complexity index is 943. The molecule has 0 spiro atoms. The molecule has 0 radical (unpaired) electrons. The molecule has 2 bridgehead atoms. The average molecular weight is 451 g/mol. The monoisotopic (exact) mass is 450 g/mol. The molecule has 10 heteroatoms. The lowest BCUT2D eigenvalue weighted by atomic mass is 9.82. The van der Waals surface area contributed by atoms with Crippen LogP contribution in [-0.4, -0.2) is 72.4 Å². The van der Waals surface area contributed by atoms with E-state index in [0.717, 1.165) is 36.9 Å². The number of rotatable bonds is 3. The van der Waals surface area contributed by atoms with Crippen molar-refractivity contribution in [2.45, 2.75) is 81.2 Å². The molecule has 2 saturated carbocycles. The minimum absolute atomic E-state index is 0.115. The van der Waals surface area contributed by atoms with E-state index in [-0.39, 0.29) is 36.0 Å². The second-order valence-corrected chi connectivity index (χ2v) is 11.2. The van der Waals surface area contributed by atoms with Gasteiger partial charge in [0.2, 0.25) is 15.9 Å². The summed E-state index contributed by atoms with van der Waals surface area (Å²) in [6.45, 7) is 2.65. The zero-order valence-electron chi connectivity index (χ0n) is 17.8. The summed E-state index contributed by atoms with van der Waals surface area (Å²) in [4.78, 5) is 23.5.